The SMILES string of the molecule is CNC(=O)c1ccc(C2CCCCN2C(=O)CC2SC(=N)NC2=O)n1C. The summed E-state index contributed by atoms with van der Waals surface area (Å²) in [5, 5.41) is 12.1. The van der Waals surface area contributed by atoms with Gasteiger partial charge in [-0.3, -0.25) is 19.8 Å². The van der Waals surface area contributed by atoms with E-state index in [1.807, 2.05) is 22.6 Å². The summed E-state index contributed by atoms with van der Waals surface area (Å²) < 4.78 is 1.84. The van der Waals surface area contributed by atoms with Crippen LogP contribution in [-0.2, 0) is 16.6 Å². The number of amides is 3. The molecule has 2 atom stereocenters. The molecule has 0 aromatic carbocycles. The van der Waals surface area contributed by atoms with E-state index in [0.717, 1.165) is 36.7 Å². The largest absolute Gasteiger partial charge is 0.354 e. The zero-order valence-corrected chi connectivity index (χ0v) is 15.7. The van der Waals surface area contributed by atoms with E-state index in [1.54, 1.807) is 13.1 Å². The van der Waals surface area contributed by atoms with Crippen molar-refractivity contribution in [3.63, 3.8) is 0 Å². The molecular weight excluding hydrogens is 354 g/mol. The van der Waals surface area contributed by atoms with Crippen molar-refractivity contribution in [1.29, 1.82) is 5.41 Å². The number of carbonyl (C=O) groups excluding carboxylic acids is 3. The monoisotopic (exact) mass is 377 g/mol. The Morgan fingerprint density at radius 3 is 2.81 bits per heavy atom. The average molecular weight is 377 g/mol. The molecular formula is C17H23N5O3S. The maximum atomic E-state index is 12.9. The predicted molar refractivity (Wildman–Crippen MR) is 99.0 cm³/mol. The van der Waals surface area contributed by atoms with Gasteiger partial charge in [0.05, 0.1) is 6.04 Å². The van der Waals surface area contributed by atoms with Crippen molar-refractivity contribution in [2.24, 2.45) is 7.05 Å². The lowest BCUT2D eigenvalue weighted by atomic mass is 9.98. The molecule has 0 aliphatic carbocycles. The molecule has 0 saturated carbocycles. The van der Waals surface area contributed by atoms with Gasteiger partial charge in [0, 0.05) is 32.8 Å². The molecule has 3 heterocycles. The quantitative estimate of drug-likeness (QED) is 0.727. The van der Waals surface area contributed by atoms with Crippen LogP contribution < -0.4 is 10.6 Å². The maximum Gasteiger partial charge on any atom is 0.267 e. The summed E-state index contributed by atoms with van der Waals surface area (Å²) in [4.78, 5) is 38.5. The first kappa shape index (κ1) is 18.5. The fourth-order valence-corrected chi connectivity index (χ4v) is 4.42. The number of aromatic nitrogens is 1. The standard InChI is InChI=1S/C17H23N5O3S/c1-19-15(24)12-7-6-10(21(12)2)11-5-3-4-8-22(11)14(23)9-13-16(25)20-17(18)26-13/h6-7,11,13H,3-5,8-9H2,1-2H3,(H,19,24)(H2,18,20,25). The second-order valence-corrected chi connectivity index (χ2v) is 7.72. The molecule has 3 N–H and O–H groups in total. The number of piperidine rings is 1. The van der Waals surface area contributed by atoms with Crippen LogP contribution in [0.4, 0.5) is 0 Å². The Bertz CT molecular complexity index is 760. The molecule has 2 saturated heterocycles. The molecule has 1 aromatic rings. The third-order valence-corrected chi connectivity index (χ3v) is 5.94. The van der Waals surface area contributed by atoms with Crippen molar-refractivity contribution >= 4 is 34.7 Å². The van der Waals surface area contributed by atoms with Crippen LogP contribution in [0.2, 0.25) is 0 Å². The normalized spacial score (nSPS) is 23.1. The lowest BCUT2D eigenvalue weighted by molar-refractivity contribution is -0.136. The van der Waals surface area contributed by atoms with Gasteiger partial charge in [-0.25, -0.2) is 0 Å². The summed E-state index contributed by atoms with van der Waals surface area (Å²) >= 11 is 1.09. The first-order chi connectivity index (χ1) is 12.4. The van der Waals surface area contributed by atoms with Crippen molar-refractivity contribution in [2.75, 3.05) is 13.6 Å². The lowest BCUT2D eigenvalue weighted by Gasteiger charge is -2.36. The average Bonchev–Trinajstić information content (AvgIpc) is 3.16. The zero-order valence-electron chi connectivity index (χ0n) is 14.9. The molecule has 0 radical (unpaired) electrons. The lowest BCUT2D eigenvalue weighted by Crippen LogP contribution is -2.41. The van der Waals surface area contributed by atoms with Crippen LogP contribution in [0.5, 0.6) is 0 Å². The van der Waals surface area contributed by atoms with Gasteiger partial charge in [-0.05, 0) is 31.4 Å². The van der Waals surface area contributed by atoms with Gasteiger partial charge in [0.15, 0.2) is 5.17 Å². The molecule has 2 unspecified atom stereocenters. The number of rotatable bonds is 4. The minimum Gasteiger partial charge on any atom is -0.354 e. The molecule has 2 aliphatic heterocycles. The van der Waals surface area contributed by atoms with Crippen molar-refractivity contribution < 1.29 is 14.4 Å². The Balaban J connectivity index is 1.79. The number of thioether (sulfide) groups is 1. The topological polar surface area (TPSA) is 107 Å². The molecule has 140 valence electrons. The summed E-state index contributed by atoms with van der Waals surface area (Å²) in [6.45, 7) is 0.639. The van der Waals surface area contributed by atoms with Crippen LogP contribution in [0, 0.1) is 5.41 Å². The highest BCUT2D eigenvalue weighted by Gasteiger charge is 2.36. The summed E-state index contributed by atoms with van der Waals surface area (Å²) in [6, 6.07) is 3.56. The second-order valence-electron chi connectivity index (χ2n) is 6.51. The minimum atomic E-state index is -0.535. The van der Waals surface area contributed by atoms with E-state index in [-0.39, 0.29) is 35.4 Å². The van der Waals surface area contributed by atoms with E-state index in [1.165, 1.54) is 0 Å². The first-order valence-electron chi connectivity index (χ1n) is 8.65. The third kappa shape index (κ3) is 3.48. The molecule has 2 fully saturated rings. The third-order valence-electron chi connectivity index (χ3n) is 4.93. The molecule has 3 amide bonds. The molecule has 26 heavy (non-hydrogen) atoms. The molecule has 2 aliphatic rings. The van der Waals surface area contributed by atoms with Gasteiger partial charge in [-0.15, -0.1) is 0 Å². The molecule has 0 spiro atoms. The van der Waals surface area contributed by atoms with E-state index < -0.39 is 5.25 Å². The van der Waals surface area contributed by atoms with Gasteiger partial charge < -0.3 is 20.1 Å². The first-order valence-corrected chi connectivity index (χ1v) is 9.53. The second kappa shape index (κ2) is 7.53. The zero-order chi connectivity index (χ0) is 18.8. The highest BCUT2D eigenvalue weighted by atomic mass is 32.2. The Morgan fingerprint density at radius 1 is 1.38 bits per heavy atom. The summed E-state index contributed by atoms with van der Waals surface area (Å²) in [6.07, 6.45) is 2.85. The number of carbonyl (C=O) groups is 3. The Labute approximate surface area is 156 Å². The van der Waals surface area contributed by atoms with Crippen LogP contribution in [0.3, 0.4) is 0 Å². The number of hydrogen-bond donors (Lipinski definition) is 3. The molecule has 9 heteroatoms. The van der Waals surface area contributed by atoms with Crippen LogP contribution >= 0.6 is 11.8 Å². The van der Waals surface area contributed by atoms with E-state index in [2.05, 4.69) is 10.6 Å². The number of nitrogens with one attached hydrogen (secondary N) is 3. The van der Waals surface area contributed by atoms with Crippen molar-refractivity contribution in [1.82, 2.24) is 20.1 Å². The van der Waals surface area contributed by atoms with Crippen LogP contribution in [0.1, 0.15) is 47.9 Å². The molecule has 3 rings (SSSR count). The smallest absolute Gasteiger partial charge is 0.267 e. The highest BCUT2D eigenvalue weighted by molar-refractivity contribution is 8.15. The van der Waals surface area contributed by atoms with E-state index >= 15 is 0 Å². The van der Waals surface area contributed by atoms with E-state index in [4.69, 9.17) is 5.41 Å². The van der Waals surface area contributed by atoms with Gasteiger partial charge in [0.1, 0.15) is 10.9 Å². The van der Waals surface area contributed by atoms with Gasteiger partial charge in [-0.1, -0.05) is 11.8 Å². The summed E-state index contributed by atoms with van der Waals surface area (Å²) in [5.41, 5.74) is 1.48. The minimum absolute atomic E-state index is 0.0836. The number of hydrogen-bond acceptors (Lipinski definition) is 5. The van der Waals surface area contributed by atoms with E-state index in [0.29, 0.717) is 12.2 Å². The molecule has 8 nitrogen and oxygen atoms in total. The fourth-order valence-electron chi connectivity index (χ4n) is 3.58. The highest BCUT2D eigenvalue weighted by Crippen LogP contribution is 2.33. The van der Waals surface area contributed by atoms with Gasteiger partial charge in [0.2, 0.25) is 11.8 Å². The Kier molecular flexibility index (Phi) is 5.36. The van der Waals surface area contributed by atoms with Crippen molar-refractivity contribution in [3.05, 3.63) is 23.5 Å². The van der Waals surface area contributed by atoms with Crippen molar-refractivity contribution in [3.8, 4) is 0 Å². The van der Waals surface area contributed by atoms with Crippen LogP contribution in [0.25, 0.3) is 0 Å². The Hall–Kier alpha value is -2.29. The molecule has 1 aromatic heterocycles. The van der Waals surface area contributed by atoms with Crippen molar-refractivity contribution in [2.45, 2.75) is 37.0 Å². The fraction of sp³-hybridized carbons (Fsp3) is 0.529. The molecule has 0 bridgehead atoms. The van der Waals surface area contributed by atoms with Gasteiger partial charge in [0.25, 0.3) is 5.91 Å². The van der Waals surface area contributed by atoms with Gasteiger partial charge >= 0.3 is 0 Å². The maximum absolute atomic E-state index is 12.9. The van der Waals surface area contributed by atoms with Gasteiger partial charge in [-0.2, -0.15) is 0 Å². The summed E-state index contributed by atoms with van der Waals surface area (Å²) in [7, 11) is 3.42. The van der Waals surface area contributed by atoms with Crippen LogP contribution in [0.15, 0.2) is 12.1 Å². The van der Waals surface area contributed by atoms with Crippen LogP contribution in [-0.4, -0.2) is 51.2 Å². The van der Waals surface area contributed by atoms with E-state index in [9.17, 15) is 14.4 Å². The number of likely N-dealkylation sites (tertiary alicyclic amines) is 1. The number of nitrogens with zero attached hydrogens (tertiary/aromatic N) is 2. The summed E-state index contributed by atoms with van der Waals surface area (Å²) in [5.74, 6) is -0.521. The Morgan fingerprint density at radius 2 is 2.15 bits per heavy atom. The predicted octanol–water partition coefficient (Wildman–Crippen LogP) is 0.995. The number of amidine groups is 1.